The number of hydrogen-bond donors (Lipinski definition) is 2. The van der Waals surface area contributed by atoms with Crippen LogP contribution in [0.25, 0.3) is 0 Å². The fourth-order valence-corrected chi connectivity index (χ4v) is 2.60. The van der Waals surface area contributed by atoms with Crippen LogP contribution in [0.2, 0.25) is 0 Å². The van der Waals surface area contributed by atoms with Crippen LogP contribution in [0.15, 0.2) is 0 Å². The predicted molar refractivity (Wildman–Crippen MR) is 82.7 cm³/mol. The Morgan fingerprint density at radius 3 is 2.45 bits per heavy atom. The third kappa shape index (κ3) is 4.35. The van der Waals surface area contributed by atoms with Crippen LogP contribution in [0.1, 0.15) is 46.5 Å². The summed E-state index contributed by atoms with van der Waals surface area (Å²) < 4.78 is 0. The van der Waals surface area contributed by atoms with Gasteiger partial charge in [0.25, 0.3) is 0 Å². The van der Waals surface area contributed by atoms with Crippen LogP contribution in [0.4, 0.5) is 0 Å². The molecule has 1 aliphatic heterocycles. The number of likely N-dealkylation sites (tertiary alicyclic amines) is 1. The van der Waals surface area contributed by atoms with E-state index in [2.05, 4.69) is 5.32 Å². The third-order valence-electron chi connectivity index (χ3n) is 4.27. The Kier molecular flexibility index (Phi) is 8.13. The highest BCUT2D eigenvalue weighted by Gasteiger charge is 2.34. The molecule has 118 valence electrons. The molecule has 3 N–H and O–H groups in total. The standard InChI is InChI=1S/C14H27N3O2.ClH/c1-4-14(5-2,10-15)13(19)16-11(3)9-17-8-6-7-12(17)18;/h11H,4-10,15H2,1-3H3,(H,16,19);1H. The molecule has 1 unspecified atom stereocenters. The minimum atomic E-state index is -0.469. The maximum Gasteiger partial charge on any atom is 0.227 e. The maximum atomic E-state index is 12.3. The van der Waals surface area contributed by atoms with Gasteiger partial charge in [-0.05, 0) is 26.2 Å². The summed E-state index contributed by atoms with van der Waals surface area (Å²) in [5.74, 6) is 0.205. The monoisotopic (exact) mass is 305 g/mol. The zero-order chi connectivity index (χ0) is 14.5. The van der Waals surface area contributed by atoms with E-state index in [1.807, 2.05) is 25.7 Å². The van der Waals surface area contributed by atoms with Crippen LogP contribution in [0, 0.1) is 5.41 Å². The summed E-state index contributed by atoms with van der Waals surface area (Å²) >= 11 is 0. The maximum absolute atomic E-state index is 12.3. The number of amides is 2. The van der Waals surface area contributed by atoms with Gasteiger partial charge in [0.2, 0.25) is 11.8 Å². The molecule has 2 amide bonds. The van der Waals surface area contributed by atoms with E-state index in [0.717, 1.165) is 25.8 Å². The predicted octanol–water partition coefficient (Wildman–Crippen LogP) is 1.30. The van der Waals surface area contributed by atoms with Gasteiger partial charge in [0.15, 0.2) is 0 Å². The van der Waals surface area contributed by atoms with Crippen molar-refractivity contribution in [2.45, 2.75) is 52.5 Å². The Balaban J connectivity index is 0.00000361. The molecule has 0 spiro atoms. The third-order valence-corrected chi connectivity index (χ3v) is 4.27. The molecule has 1 aliphatic rings. The van der Waals surface area contributed by atoms with Crippen molar-refractivity contribution in [1.82, 2.24) is 10.2 Å². The van der Waals surface area contributed by atoms with Crippen LogP contribution < -0.4 is 11.1 Å². The molecule has 0 aromatic rings. The van der Waals surface area contributed by atoms with Crippen molar-refractivity contribution in [2.75, 3.05) is 19.6 Å². The van der Waals surface area contributed by atoms with Gasteiger partial charge in [0.1, 0.15) is 0 Å². The molecule has 0 bridgehead atoms. The molecule has 0 aliphatic carbocycles. The van der Waals surface area contributed by atoms with Crippen LogP contribution in [-0.4, -0.2) is 42.4 Å². The van der Waals surface area contributed by atoms with Crippen molar-refractivity contribution in [3.8, 4) is 0 Å². The lowest BCUT2D eigenvalue weighted by atomic mass is 9.81. The molecule has 20 heavy (non-hydrogen) atoms. The van der Waals surface area contributed by atoms with Gasteiger partial charge in [-0.3, -0.25) is 9.59 Å². The number of carbonyl (C=O) groups excluding carboxylic acids is 2. The Labute approximate surface area is 128 Å². The van der Waals surface area contributed by atoms with E-state index >= 15 is 0 Å². The zero-order valence-electron chi connectivity index (χ0n) is 12.8. The van der Waals surface area contributed by atoms with Crippen molar-refractivity contribution in [1.29, 1.82) is 0 Å². The molecule has 1 atom stereocenters. The number of nitrogens with zero attached hydrogens (tertiary/aromatic N) is 1. The van der Waals surface area contributed by atoms with Gasteiger partial charge >= 0.3 is 0 Å². The number of nitrogens with two attached hydrogens (primary N) is 1. The first kappa shape index (κ1) is 19.2. The van der Waals surface area contributed by atoms with Crippen molar-refractivity contribution in [2.24, 2.45) is 11.1 Å². The summed E-state index contributed by atoms with van der Waals surface area (Å²) in [7, 11) is 0. The second kappa shape index (κ2) is 8.47. The summed E-state index contributed by atoms with van der Waals surface area (Å²) in [5.41, 5.74) is 5.30. The zero-order valence-corrected chi connectivity index (χ0v) is 13.6. The number of carbonyl (C=O) groups is 2. The second-order valence-corrected chi connectivity index (χ2v) is 5.51. The molecule has 1 saturated heterocycles. The first-order chi connectivity index (χ1) is 8.99. The molecular weight excluding hydrogens is 278 g/mol. The molecule has 6 heteroatoms. The molecule has 1 fully saturated rings. The van der Waals surface area contributed by atoms with E-state index < -0.39 is 5.41 Å². The average molecular weight is 306 g/mol. The lowest BCUT2D eigenvalue weighted by Gasteiger charge is -2.31. The van der Waals surface area contributed by atoms with E-state index in [1.54, 1.807) is 0 Å². The summed E-state index contributed by atoms with van der Waals surface area (Å²) in [5, 5.41) is 3.01. The molecule has 0 aromatic carbocycles. The number of rotatable bonds is 7. The van der Waals surface area contributed by atoms with E-state index in [-0.39, 0.29) is 30.3 Å². The number of hydrogen-bond acceptors (Lipinski definition) is 3. The number of halogens is 1. The lowest BCUT2D eigenvalue weighted by molar-refractivity contribution is -0.133. The summed E-state index contributed by atoms with van der Waals surface area (Å²) in [4.78, 5) is 25.7. The topological polar surface area (TPSA) is 75.4 Å². The molecule has 0 saturated carbocycles. The van der Waals surface area contributed by atoms with E-state index in [1.165, 1.54) is 0 Å². The normalized spacial score (nSPS) is 16.8. The first-order valence-electron chi connectivity index (χ1n) is 7.28. The highest BCUT2D eigenvalue weighted by atomic mass is 35.5. The van der Waals surface area contributed by atoms with Crippen LogP contribution >= 0.6 is 12.4 Å². The largest absolute Gasteiger partial charge is 0.351 e. The Morgan fingerprint density at radius 1 is 1.45 bits per heavy atom. The van der Waals surface area contributed by atoms with Gasteiger partial charge in [-0.1, -0.05) is 13.8 Å². The second-order valence-electron chi connectivity index (χ2n) is 5.51. The van der Waals surface area contributed by atoms with Gasteiger partial charge in [-0.15, -0.1) is 12.4 Å². The Bertz CT molecular complexity index is 324. The van der Waals surface area contributed by atoms with Gasteiger partial charge in [-0.25, -0.2) is 0 Å². The van der Waals surface area contributed by atoms with Crippen molar-refractivity contribution < 1.29 is 9.59 Å². The summed E-state index contributed by atoms with van der Waals surface area (Å²) in [6.45, 7) is 7.69. The SMILES string of the molecule is CCC(CC)(CN)C(=O)NC(C)CN1CCCC1=O.Cl. The number of nitrogens with one attached hydrogen (secondary N) is 1. The smallest absolute Gasteiger partial charge is 0.227 e. The first-order valence-corrected chi connectivity index (χ1v) is 7.28. The Morgan fingerprint density at radius 2 is 2.05 bits per heavy atom. The van der Waals surface area contributed by atoms with Gasteiger partial charge < -0.3 is 16.0 Å². The van der Waals surface area contributed by atoms with E-state index in [0.29, 0.717) is 19.5 Å². The van der Waals surface area contributed by atoms with Gasteiger partial charge in [0.05, 0.1) is 5.41 Å². The highest BCUT2D eigenvalue weighted by Crippen LogP contribution is 2.25. The Hall–Kier alpha value is -0.810. The molecule has 5 nitrogen and oxygen atoms in total. The van der Waals surface area contributed by atoms with Crippen LogP contribution in [-0.2, 0) is 9.59 Å². The van der Waals surface area contributed by atoms with Crippen LogP contribution in [0.3, 0.4) is 0 Å². The molecule has 0 aromatic heterocycles. The van der Waals surface area contributed by atoms with Gasteiger partial charge in [0, 0.05) is 32.1 Å². The molecular formula is C14H28ClN3O2. The van der Waals surface area contributed by atoms with Crippen molar-refractivity contribution >= 4 is 24.2 Å². The van der Waals surface area contributed by atoms with Gasteiger partial charge in [-0.2, -0.15) is 0 Å². The quantitative estimate of drug-likeness (QED) is 0.744. The van der Waals surface area contributed by atoms with Crippen molar-refractivity contribution in [3.63, 3.8) is 0 Å². The average Bonchev–Trinajstić information content (AvgIpc) is 2.78. The summed E-state index contributed by atoms with van der Waals surface area (Å²) in [6, 6.07) is -0.0291. The molecule has 1 heterocycles. The minimum absolute atomic E-state index is 0. The minimum Gasteiger partial charge on any atom is -0.351 e. The van der Waals surface area contributed by atoms with Crippen LogP contribution in [0.5, 0.6) is 0 Å². The molecule has 0 radical (unpaired) electrons. The van der Waals surface area contributed by atoms with Crippen molar-refractivity contribution in [3.05, 3.63) is 0 Å². The van der Waals surface area contributed by atoms with E-state index in [9.17, 15) is 9.59 Å². The summed E-state index contributed by atoms with van der Waals surface area (Å²) in [6.07, 6.45) is 3.04. The fraction of sp³-hybridized carbons (Fsp3) is 0.857. The fourth-order valence-electron chi connectivity index (χ4n) is 2.60. The molecule has 1 rings (SSSR count). The van der Waals surface area contributed by atoms with E-state index in [4.69, 9.17) is 5.73 Å². The highest BCUT2D eigenvalue weighted by molar-refractivity contribution is 5.85. The lowest BCUT2D eigenvalue weighted by Crippen LogP contribution is -2.50.